The SMILES string of the molecule is CC(C)(C)C(CCO)Nc1cccc(C(=O)O)c1[N+](=O)[O-]. The monoisotopic (exact) mass is 296 g/mol. The number of nitro benzene ring substituents is 1. The molecule has 21 heavy (non-hydrogen) atoms. The molecule has 0 aromatic heterocycles. The lowest BCUT2D eigenvalue weighted by molar-refractivity contribution is -0.384. The van der Waals surface area contributed by atoms with Crippen molar-refractivity contribution in [2.24, 2.45) is 5.41 Å². The molecule has 0 bridgehead atoms. The van der Waals surface area contributed by atoms with Gasteiger partial charge < -0.3 is 15.5 Å². The largest absolute Gasteiger partial charge is 0.477 e. The highest BCUT2D eigenvalue weighted by molar-refractivity contribution is 5.95. The van der Waals surface area contributed by atoms with Crippen molar-refractivity contribution < 1.29 is 19.9 Å². The lowest BCUT2D eigenvalue weighted by atomic mass is 9.84. The van der Waals surface area contributed by atoms with Gasteiger partial charge in [-0.3, -0.25) is 10.1 Å². The molecular weight excluding hydrogens is 276 g/mol. The Hall–Kier alpha value is -2.15. The van der Waals surface area contributed by atoms with E-state index in [-0.39, 0.29) is 29.3 Å². The lowest BCUT2D eigenvalue weighted by Gasteiger charge is -2.31. The number of carboxylic acids is 1. The smallest absolute Gasteiger partial charge is 0.342 e. The van der Waals surface area contributed by atoms with E-state index < -0.39 is 16.6 Å². The maximum Gasteiger partial charge on any atom is 0.342 e. The molecule has 0 saturated heterocycles. The fourth-order valence-corrected chi connectivity index (χ4v) is 2.07. The average Bonchev–Trinajstić information content (AvgIpc) is 2.36. The van der Waals surface area contributed by atoms with Gasteiger partial charge in [-0.1, -0.05) is 26.8 Å². The number of aliphatic hydroxyl groups is 1. The predicted octanol–water partition coefficient (Wildman–Crippen LogP) is 2.50. The number of nitrogens with zero attached hydrogens (tertiary/aromatic N) is 1. The Morgan fingerprint density at radius 3 is 2.48 bits per heavy atom. The summed E-state index contributed by atoms with van der Waals surface area (Å²) in [6, 6.07) is 3.90. The summed E-state index contributed by atoms with van der Waals surface area (Å²) in [6.45, 7) is 5.75. The van der Waals surface area contributed by atoms with Crippen LogP contribution in [0.1, 0.15) is 37.6 Å². The van der Waals surface area contributed by atoms with Crippen LogP contribution in [0.4, 0.5) is 11.4 Å². The van der Waals surface area contributed by atoms with Gasteiger partial charge in [0, 0.05) is 12.6 Å². The number of aromatic carboxylic acids is 1. The van der Waals surface area contributed by atoms with Crippen molar-refractivity contribution in [1.29, 1.82) is 0 Å². The first kappa shape index (κ1) is 16.9. The molecule has 0 aliphatic rings. The molecule has 0 heterocycles. The second kappa shape index (κ2) is 6.53. The highest BCUT2D eigenvalue weighted by Gasteiger charge is 2.29. The molecule has 0 spiro atoms. The number of hydrogen-bond donors (Lipinski definition) is 3. The van der Waals surface area contributed by atoms with E-state index in [4.69, 9.17) is 10.2 Å². The molecule has 0 aliphatic carbocycles. The first-order chi connectivity index (χ1) is 9.68. The van der Waals surface area contributed by atoms with Gasteiger partial charge in [-0.25, -0.2) is 4.79 Å². The third kappa shape index (κ3) is 4.16. The fourth-order valence-electron chi connectivity index (χ4n) is 2.07. The highest BCUT2D eigenvalue weighted by Crippen LogP contribution is 2.33. The van der Waals surface area contributed by atoms with Crippen molar-refractivity contribution in [3.8, 4) is 0 Å². The third-order valence-corrected chi connectivity index (χ3v) is 3.24. The molecule has 1 aromatic carbocycles. The zero-order chi connectivity index (χ0) is 16.2. The zero-order valence-corrected chi connectivity index (χ0v) is 12.3. The molecule has 0 saturated carbocycles. The second-order valence-electron chi connectivity index (χ2n) is 5.84. The van der Waals surface area contributed by atoms with Crippen LogP contribution in [0.25, 0.3) is 0 Å². The number of benzene rings is 1. The van der Waals surface area contributed by atoms with Crippen molar-refractivity contribution in [3.63, 3.8) is 0 Å². The minimum atomic E-state index is -1.35. The number of carbonyl (C=O) groups is 1. The molecule has 1 unspecified atom stereocenters. The third-order valence-electron chi connectivity index (χ3n) is 3.24. The van der Waals surface area contributed by atoms with Gasteiger partial charge in [0.15, 0.2) is 0 Å². The summed E-state index contributed by atoms with van der Waals surface area (Å²) in [5.41, 5.74) is -0.928. The Kier molecular flexibility index (Phi) is 5.26. The fraction of sp³-hybridized carbons (Fsp3) is 0.500. The molecule has 0 radical (unpaired) electrons. The van der Waals surface area contributed by atoms with Crippen molar-refractivity contribution in [1.82, 2.24) is 0 Å². The molecule has 0 fully saturated rings. The van der Waals surface area contributed by atoms with E-state index >= 15 is 0 Å². The van der Waals surface area contributed by atoms with Crippen LogP contribution in [0.2, 0.25) is 0 Å². The molecule has 1 rings (SSSR count). The van der Waals surface area contributed by atoms with E-state index in [1.807, 2.05) is 20.8 Å². The summed E-state index contributed by atoms with van der Waals surface area (Å²) >= 11 is 0. The second-order valence-corrected chi connectivity index (χ2v) is 5.84. The topological polar surface area (TPSA) is 113 Å². The van der Waals surface area contributed by atoms with Crippen LogP contribution in [-0.4, -0.2) is 33.8 Å². The molecule has 0 aliphatic heterocycles. The zero-order valence-electron chi connectivity index (χ0n) is 12.3. The van der Waals surface area contributed by atoms with Crippen LogP contribution in [0.5, 0.6) is 0 Å². The van der Waals surface area contributed by atoms with Crippen LogP contribution >= 0.6 is 0 Å². The minimum Gasteiger partial charge on any atom is -0.477 e. The van der Waals surface area contributed by atoms with E-state index in [1.54, 1.807) is 0 Å². The van der Waals surface area contributed by atoms with Gasteiger partial charge in [0.25, 0.3) is 0 Å². The lowest BCUT2D eigenvalue weighted by Crippen LogP contribution is -2.35. The number of aliphatic hydroxyl groups excluding tert-OH is 1. The van der Waals surface area contributed by atoms with Crippen molar-refractivity contribution in [2.45, 2.75) is 33.2 Å². The summed E-state index contributed by atoms with van der Waals surface area (Å²) in [6.07, 6.45) is 0.401. The molecule has 7 heteroatoms. The van der Waals surface area contributed by atoms with Gasteiger partial charge in [-0.05, 0) is 24.0 Å². The van der Waals surface area contributed by atoms with Crippen LogP contribution < -0.4 is 5.32 Å². The standard InChI is InChI=1S/C14H20N2O5/c1-14(2,3)11(7-8-17)15-10-6-4-5-9(13(18)19)12(10)16(20)21/h4-6,11,15,17H,7-8H2,1-3H3,(H,18,19). The number of anilines is 1. The Labute approximate surface area is 122 Å². The average molecular weight is 296 g/mol. The molecular formula is C14H20N2O5. The summed E-state index contributed by atoms with van der Waals surface area (Å²) in [5, 5.41) is 32.4. The van der Waals surface area contributed by atoms with E-state index in [0.717, 1.165) is 0 Å². The maximum absolute atomic E-state index is 11.2. The predicted molar refractivity (Wildman–Crippen MR) is 78.6 cm³/mol. The first-order valence-corrected chi connectivity index (χ1v) is 6.56. The highest BCUT2D eigenvalue weighted by atomic mass is 16.6. The van der Waals surface area contributed by atoms with Crippen LogP contribution in [0.3, 0.4) is 0 Å². The van der Waals surface area contributed by atoms with Crippen LogP contribution in [-0.2, 0) is 0 Å². The van der Waals surface area contributed by atoms with Crippen LogP contribution in [0.15, 0.2) is 18.2 Å². The quantitative estimate of drug-likeness (QED) is 0.549. The van der Waals surface area contributed by atoms with Gasteiger partial charge in [-0.15, -0.1) is 0 Å². The summed E-state index contributed by atoms with van der Waals surface area (Å²) in [5.74, 6) is -1.35. The van der Waals surface area contributed by atoms with Crippen molar-refractivity contribution in [2.75, 3.05) is 11.9 Å². The van der Waals surface area contributed by atoms with E-state index in [9.17, 15) is 14.9 Å². The summed E-state index contributed by atoms with van der Waals surface area (Å²) in [4.78, 5) is 21.6. The van der Waals surface area contributed by atoms with E-state index in [2.05, 4.69) is 5.32 Å². The first-order valence-electron chi connectivity index (χ1n) is 6.56. The Balaban J connectivity index is 3.26. The molecule has 0 amide bonds. The van der Waals surface area contributed by atoms with E-state index in [0.29, 0.717) is 6.42 Å². The van der Waals surface area contributed by atoms with Crippen LogP contribution in [0, 0.1) is 15.5 Å². The maximum atomic E-state index is 11.2. The molecule has 1 aromatic rings. The number of para-hydroxylation sites is 1. The number of carboxylic acid groups (broad SMARTS) is 1. The number of nitro groups is 1. The number of nitrogens with one attached hydrogen (secondary N) is 1. The van der Waals surface area contributed by atoms with Gasteiger partial charge in [0.1, 0.15) is 11.3 Å². The van der Waals surface area contributed by atoms with Crippen molar-refractivity contribution >= 4 is 17.3 Å². The molecule has 3 N–H and O–H groups in total. The molecule has 116 valence electrons. The summed E-state index contributed by atoms with van der Waals surface area (Å²) in [7, 11) is 0. The van der Waals surface area contributed by atoms with Gasteiger partial charge >= 0.3 is 11.7 Å². The Morgan fingerprint density at radius 2 is 2.05 bits per heavy atom. The number of rotatable bonds is 6. The van der Waals surface area contributed by atoms with Gasteiger partial charge in [0.05, 0.1) is 4.92 Å². The van der Waals surface area contributed by atoms with Crippen molar-refractivity contribution in [3.05, 3.63) is 33.9 Å². The van der Waals surface area contributed by atoms with Gasteiger partial charge in [0.2, 0.25) is 0 Å². The normalized spacial score (nSPS) is 12.8. The molecule has 1 atom stereocenters. The molecule has 7 nitrogen and oxygen atoms in total. The minimum absolute atomic E-state index is 0.0681. The van der Waals surface area contributed by atoms with Gasteiger partial charge in [-0.2, -0.15) is 0 Å². The Morgan fingerprint density at radius 1 is 1.43 bits per heavy atom. The summed E-state index contributed by atoms with van der Waals surface area (Å²) < 4.78 is 0. The Bertz CT molecular complexity index is 537. The van der Waals surface area contributed by atoms with E-state index in [1.165, 1.54) is 18.2 Å². The number of hydrogen-bond acceptors (Lipinski definition) is 5.